The smallest absolute Gasteiger partial charge is 0.269 e. The second-order valence-corrected chi connectivity index (χ2v) is 5.81. The van der Waals surface area contributed by atoms with E-state index in [1.54, 1.807) is 24.3 Å². The van der Waals surface area contributed by atoms with Gasteiger partial charge in [-0.3, -0.25) is 19.8 Å². The van der Waals surface area contributed by atoms with Crippen molar-refractivity contribution in [2.24, 2.45) is 0 Å². The zero-order valence-corrected chi connectivity index (χ0v) is 13.2. The number of nitro groups is 1. The Morgan fingerprint density at radius 3 is 2.68 bits per heavy atom. The Morgan fingerprint density at radius 2 is 1.92 bits per heavy atom. The van der Waals surface area contributed by atoms with Gasteiger partial charge >= 0.3 is 0 Å². The van der Waals surface area contributed by atoms with Gasteiger partial charge in [-0.15, -0.1) is 0 Å². The monoisotopic (exact) mass is 356 g/mol. The number of aliphatic hydroxyl groups is 1. The quantitative estimate of drug-likeness (QED) is 0.429. The summed E-state index contributed by atoms with van der Waals surface area (Å²) in [5.74, 6) is -0.315. The van der Waals surface area contributed by atoms with Crippen LogP contribution in [0.25, 0.3) is 11.0 Å². The number of pyridine rings is 2. The van der Waals surface area contributed by atoms with Gasteiger partial charge in [-0.25, -0.2) is 9.97 Å². The minimum atomic E-state index is -1.37. The summed E-state index contributed by atoms with van der Waals surface area (Å²) >= 11 is 5.86. The lowest BCUT2D eigenvalue weighted by atomic mass is 10.1. The fourth-order valence-corrected chi connectivity index (χ4v) is 2.92. The van der Waals surface area contributed by atoms with Crippen LogP contribution in [0.1, 0.15) is 22.1 Å². The van der Waals surface area contributed by atoms with Gasteiger partial charge in [-0.2, -0.15) is 0 Å². The number of nitrogens with zero attached hydrogens (tertiary/aromatic N) is 4. The molecule has 0 radical (unpaired) electrons. The summed E-state index contributed by atoms with van der Waals surface area (Å²) in [6.45, 7) is 0. The van der Waals surface area contributed by atoms with Crippen LogP contribution in [0.15, 0.2) is 42.5 Å². The summed E-state index contributed by atoms with van der Waals surface area (Å²) in [6, 6.07) is 10.4. The SMILES string of the molecule is O=C1c2ccc([N+](=O)[O-])cc2C(O)N1c1ccc2ccc(Cl)nc2n1. The molecule has 1 aliphatic heterocycles. The van der Waals surface area contributed by atoms with Crippen LogP contribution < -0.4 is 4.90 Å². The molecule has 4 rings (SSSR count). The van der Waals surface area contributed by atoms with Crippen molar-refractivity contribution in [1.82, 2.24) is 9.97 Å². The maximum atomic E-state index is 12.6. The molecule has 2 aromatic heterocycles. The molecule has 1 unspecified atom stereocenters. The van der Waals surface area contributed by atoms with Gasteiger partial charge in [0.05, 0.1) is 4.92 Å². The number of benzene rings is 1. The third kappa shape index (κ3) is 2.39. The molecule has 0 bridgehead atoms. The Morgan fingerprint density at radius 1 is 1.16 bits per heavy atom. The maximum absolute atomic E-state index is 12.6. The lowest BCUT2D eigenvalue weighted by Gasteiger charge is -2.19. The molecule has 25 heavy (non-hydrogen) atoms. The Labute approximate surface area is 145 Å². The van der Waals surface area contributed by atoms with E-state index in [1.807, 2.05) is 0 Å². The van der Waals surface area contributed by atoms with Crippen molar-refractivity contribution in [3.63, 3.8) is 0 Å². The van der Waals surface area contributed by atoms with Crippen LogP contribution in [0.5, 0.6) is 0 Å². The Balaban J connectivity index is 1.81. The second kappa shape index (κ2) is 5.47. The van der Waals surface area contributed by atoms with E-state index in [4.69, 9.17) is 11.6 Å². The summed E-state index contributed by atoms with van der Waals surface area (Å²) in [5, 5.41) is 22.4. The molecular weight excluding hydrogens is 348 g/mol. The number of amides is 1. The summed E-state index contributed by atoms with van der Waals surface area (Å²) in [7, 11) is 0. The maximum Gasteiger partial charge on any atom is 0.269 e. The van der Waals surface area contributed by atoms with Gasteiger partial charge < -0.3 is 5.11 Å². The predicted molar refractivity (Wildman–Crippen MR) is 89.4 cm³/mol. The number of halogens is 1. The van der Waals surface area contributed by atoms with E-state index in [0.717, 1.165) is 10.3 Å². The summed E-state index contributed by atoms with van der Waals surface area (Å²) in [4.78, 5) is 32.4. The molecule has 1 amide bonds. The standard InChI is InChI=1S/C16H9ClN4O4/c17-12-5-1-8-2-6-13(19-14(8)18-12)20-15(22)10-4-3-9(21(24)25)7-11(10)16(20)23/h1-7,16,23H. The highest BCUT2D eigenvalue weighted by Crippen LogP contribution is 2.37. The molecule has 9 heteroatoms. The summed E-state index contributed by atoms with van der Waals surface area (Å²) in [5.41, 5.74) is 0.485. The van der Waals surface area contributed by atoms with Gasteiger partial charge in [0.25, 0.3) is 11.6 Å². The predicted octanol–water partition coefficient (Wildman–Crippen LogP) is 2.84. The Bertz CT molecular complexity index is 1060. The fourth-order valence-electron chi connectivity index (χ4n) is 2.78. The number of carbonyl (C=O) groups is 1. The number of nitro benzene ring substituents is 1. The molecule has 1 atom stereocenters. The first-order valence-corrected chi connectivity index (χ1v) is 7.57. The normalized spacial score (nSPS) is 16.3. The highest BCUT2D eigenvalue weighted by Gasteiger charge is 2.38. The molecule has 0 saturated heterocycles. The van der Waals surface area contributed by atoms with Crippen LogP contribution >= 0.6 is 11.6 Å². The lowest BCUT2D eigenvalue weighted by molar-refractivity contribution is -0.385. The zero-order valence-electron chi connectivity index (χ0n) is 12.5. The number of carbonyl (C=O) groups excluding carboxylic acids is 1. The van der Waals surface area contributed by atoms with Crippen LogP contribution in [0, 0.1) is 10.1 Å². The van der Waals surface area contributed by atoms with Crippen molar-refractivity contribution in [3.8, 4) is 0 Å². The molecule has 3 aromatic rings. The molecule has 3 heterocycles. The van der Waals surface area contributed by atoms with Crippen molar-refractivity contribution in [1.29, 1.82) is 0 Å². The van der Waals surface area contributed by atoms with Crippen molar-refractivity contribution < 1.29 is 14.8 Å². The average Bonchev–Trinajstić information content (AvgIpc) is 2.84. The minimum absolute atomic E-state index is 0.167. The number of aliphatic hydroxyl groups excluding tert-OH is 1. The average molecular weight is 357 g/mol. The van der Waals surface area contributed by atoms with Crippen LogP contribution in [0.3, 0.4) is 0 Å². The molecule has 1 N–H and O–H groups in total. The highest BCUT2D eigenvalue weighted by molar-refractivity contribution is 6.29. The molecule has 0 fully saturated rings. The van der Waals surface area contributed by atoms with Crippen molar-refractivity contribution in [2.75, 3.05) is 4.90 Å². The highest BCUT2D eigenvalue weighted by atomic mass is 35.5. The molecule has 0 aliphatic carbocycles. The van der Waals surface area contributed by atoms with Crippen molar-refractivity contribution >= 4 is 40.0 Å². The molecule has 0 saturated carbocycles. The Kier molecular flexibility index (Phi) is 3.38. The van der Waals surface area contributed by atoms with Crippen LogP contribution in [0.2, 0.25) is 5.15 Å². The number of rotatable bonds is 2. The van der Waals surface area contributed by atoms with E-state index in [9.17, 15) is 20.0 Å². The summed E-state index contributed by atoms with van der Waals surface area (Å²) < 4.78 is 0. The van der Waals surface area contributed by atoms with Gasteiger partial charge in [0, 0.05) is 28.6 Å². The largest absolute Gasteiger partial charge is 0.369 e. The Hall–Kier alpha value is -3.10. The molecular formula is C16H9ClN4O4. The molecule has 1 aromatic carbocycles. The first-order chi connectivity index (χ1) is 12.0. The van der Waals surface area contributed by atoms with Gasteiger partial charge in [0.15, 0.2) is 11.9 Å². The van der Waals surface area contributed by atoms with Crippen molar-refractivity contribution in [3.05, 3.63) is 68.9 Å². The second-order valence-electron chi connectivity index (χ2n) is 5.43. The number of aromatic nitrogens is 2. The molecule has 1 aliphatic rings. The minimum Gasteiger partial charge on any atom is -0.369 e. The third-order valence-corrected chi connectivity index (χ3v) is 4.18. The number of anilines is 1. The molecule has 0 spiro atoms. The van der Waals surface area contributed by atoms with E-state index in [1.165, 1.54) is 18.2 Å². The van der Waals surface area contributed by atoms with Gasteiger partial charge in [0.2, 0.25) is 0 Å². The number of non-ortho nitro benzene ring substituents is 1. The topological polar surface area (TPSA) is 109 Å². The van der Waals surface area contributed by atoms with Crippen LogP contribution in [0.4, 0.5) is 11.5 Å². The zero-order chi connectivity index (χ0) is 17.7. The van der Waals surface area contributed by atoms with E-state index >= 15 is 0 Å². The first kappa shape index (κ1) is 15.4. The third-order valence-electron chi connectivity index (χ3n) is 3.97. The van der Waals surface area contributed by atoms with Crippen LogP contribution in [-0.2, 0) is 0 Å². The number of hydrogen-bond acceptors (Lipinski definition) is 6. The summed E-state index contributed by atoms with van der Waals surface area (Å²) in [6.07, 6.45) is -1.37. The van der Waals surface area contributed by atoms with Gasteiger partial charge in [-0.1, -0.05) is 11.6 Å². The van der Waals surface area contributed by atoms with E-state index in [0.29, 0.717) is 5.65 Å². The van der Waals surface area contributed by atoms with Crippen LogP contribution in [-0.4, -0.2) is 25.9 Å². The first-order valence-electron chi connectivity index (χ1n) is 7.19. The van der Waals surface area contributed by atoms with E-state index < -0.39 is 17.1 Å². The van der Waals surface area contributed by atoms with E-state index in [-0.39, 0.29) is 27.8 Å². The van der Waals surface area contributed by atoms with Crippen molar-refractivity contribution in [2.45, 2.75) is 6.23 Å². The fraction of sp³-hybridized carbons (Fsp3) is 0.0625. The lowest BCUT2D eigenvalue weighted by Crippen LogP contribution is -2.28. The molecule has 124 valence electrons. The van der Waals surface area contributed by atoms with Gasteiger partial charge in [0.1, 0.15) is 11.0 Å². The number of fused-ring (bicyclic) bond motifs is 2. The van der Waals surface area contributed by atoms with Gasteiger partial charge in [-0.05, 0) is 30.3 Å². The number of hydrogen-bond donors (Lipinski definition) is 1. The van der Waals surface area contributed by atoms with E-state index in [2.05, 4.69) is 9.97 Å². The molecule has 8 nitrogen and oxygen atoms in total.